The van der Waals surface area contributed by atoms with Gasteiger partial charge in [0.25, 0.3) is 0 Å². The van der Waals surface area contributed by atoms with Gasteiger partial charge < -0.3 is 5.11 Å². The van der Waals surface area contributed by atoms with Crippen molar-refractivity contribution in [2.75, 3.05) is 0 Å². The van der Waals surface area contributed by atoms with E-state index in [0.29, 0.717) is 12.8 Å². The number of nitrogens with zero attached hydrogens (tertiary/aromatic N) is 1. The molecule has 1 atom stereocenters. The van der Waals surface area contributed by atoms with E-state index in [4.69, 9.17) is 5.26 Å². The normalized spacial score (nSPS) is 12.2. The summed E-state index contributed by atoms with van der Waals surface area (Å²) in [5.41, 5.74) is -0.278. The average molecular weight is 239 g/mol. The van der Waals surface area contributed by atoms with Gasteiger partial charge in [0.05, 0.1) is 5.56 Å². The van der Waals surface area contributed by atoms with Crippen molar-refractivity contribution in [3.8, 4) is 11.8 Å². The molecule has 1 unspecified atom stereocenters. The molecule has 0 aliphatic rings. The smallest absolute Gasteiger partial charge is 0.166 e. The first-order valence-corrected chi connectivity index (χ1v) is 5.67. The molecule has 17 heavy (non-hydrogen) atoms. The van der Waals surface area contributed by atoms with Gasteiger partial charge in [-0.1, -0.05) is 20.3 Å². The predicted molar refractivity (Wildman–Crippen MR) is 60.7 cm³/mol. The van der Waals surface area contributed by atoms with E-state index >= 15 is 0 Å². The summed E-state index contributed by atoms with van der Waals surface area (Å²) in [6, 6.07) is 2.40. The maximum Gasteiger partial charge on any atom is 0.166 e. The average Bonchev–Trinajstić information content (AvgIpc) is 2.32. The van der Waals surface area contributed by atoms with E-state index in [9.17, 15) is 13.9 Å². The third kappa shape index (κ3) is 2.55. The fraction of sp³-hybridized carbons (Fsp3) is 0.462. The second kappa shape index (κ2) is 5.62. The van der Waals surface area contributed by atoms with Gasteiger partial charge in [-0.15, -0.1) is 0 Å². The number of phenolic OH excluding ortho intramolecular Hbond substituents is 1. The molecule has 0 saturated heterocycles. The van der Waals surface area contributed by atoms with E-state index in [2.05, 4.69) is 0 Å². The topological polar surface area (TPSA) is 44.0 Å². The lowest BCUT2D eigenvalue weighted by atomic mass is 9.89. The summed E-state index contributed by atoms with van der Waals surface area (Å²) < 4.78 is 27.0. The van der Waals surface area contributed by atoms with Crippen LogP contribution < -0.4 is 0 Å². The molecule has 4 heteroatoms. The third-order valence-corrected chi connectivity index (χ3v) is 2.89. The van der Waals surface area contributed by atoms with E-state index in [1.807, 2.05) is 13.8 Å². The zero-order chi connectivity index (χ0) is 13.0. The monoisotopic (exact) mass is 239 g/mol. The Hall–Kier alpha value is -1.63. The fourth-order valence-corrected chi connectivity index (χ4v) is 1.99. The molecule has 0 aromatic heterocycles. The molecule has 1 aromatic rings. The number of phenols is 1. The van der Waals surface area contributed by atoms with Crippen molar-refractivity contribution in [3.05, 3.63) is 28.8 Å². The van der Waals surface area contributed by atoms with Gasteiger partial charge in [0, 0.05) is 5.56 Å². The highest BCUT2D eigenvalue weighted by molar-refractivity contribution is 5.50. The molecule has 0 heterocycles. The summed E-state index contributed by atoms with van der Waals surface area (Å²) in [5, 5.41) is 18.5. The van der Waals surface area contributed by atoms with E-state index < -0.39 is 17.4 Å². The Morgan fingerprint density at radius 1 is 1.41 bits per heavy atom. The summed E-state index contributed by atoms with van der Waals surface area (Å²) in [6.07, 6.45) is 2.04. The third-order valence-electron chi connectivity index (χ3n) is 2.89. The Bertz CT molecular complexity index is 452. The highest BCUT2D eigenvalue weighted by Crippen LogP contribution is 2.37. The Morgan fingerprint density at radius 3 is 2.53 bits per heavy atom. The van der Waals surface area contributed by atoms with Gasteiger partial charge >= 0.3 is 0 Å². The van der Waals surface area contributed by atoms with Crippen molar-refractivity contribution >= 4 is 0 Å². The van der Waals surface area contributed by atoms with Gasteiger partial charge in [-0.2, -0.15) is 5.26 Å². The Kier molecular flexibility index (Phi) is 4.45. The largest absolute Gasteiger partial charge is 0.506 e. The molecular weight excluding hydrogens is 224 g/mol. The van der Waals surface area contributed by atoms with Crippen molar-refractivity contribution in [1.82, 2.24) is 0 Å². The van der Waals surface area contributed by atoms with Crippen molar-refractivity contribution in [2.45, 2.75) is 39.0 Å². The molecule has 0 aliphatic carbocycles. The van der Waals surface area contributed by atoms with Crippen LogP contribution in [0, 0.1) is 23.0 Å². The second-order valence-corrected chi connectivity index (χ2v) is 3.99. The molecule has 2 nitrogen and oxygen atoms in total. The van der Waals surface area contributed by atoms with E-state index in [0.717, 1.165) is 12.5 Å². The standard InChI is InChI=1S/C13H15F2NO/c1-3-5-8(4-2)11-12(15)10(14)6-9(7-16)13(11)17/h6,8,17H,3-5H2,1-2H3. The van der Waals surface area contributed by atoms with E-state index in [1.54, 1.807) is 6.07 Å². The number of nitriles is 1. The molecule has 0 amide bonds. The summed E-state index contributed by atoms with van der Waals surface area (Å²) in [6.45, 7) is 3.78. The van der Waals surface area contributed by atoms with Crippen molar-refractivity contribution < 1.29 is 13.9 Å². The number of hydrogen-bond donors (Lipinski definition) is 1. The minimum absolute atomic E-state index is 0.0640. The van der Waals surface area contributed by atoms with Crippen LogP contribution in [0.3, 0.4) is 0 Å². The minimum Gasteiger partial charge on any atom is -0.506 e. The molecule has 0 saturated carbocycles. The lowest BCUT2D eigenvalue weighted by molar-refractivity contribution is 0.420. The second-order valence-electron chi connectivity index (χ2n) is 3.99. The molecule has 0 radical (unpaired) electrons. The van der Waals surface area contributed by atoms with Gasteiger partial charge in [-0.05, 0) is 24.8 Å². The maximum absolute atomic E-state index is 13.7. The van der Waals surface area contributed by atoms with Crippen LogP contribution in [0.25, 0.3) is 0 Å². The van der Waals surface area contributed by atoms with Gasteiger partial charge in [-0.3, -0.25) is 0 Å². The summed E-state index contributed by atoms with van der Waals surface area (Å²) >= 11 is 0. The summed E-state index contributed by atoms with van der Waals surface area (Å²) in [7, 11) is 0. The van der Waals surface area contributed by atoms with Crippen molar-refractivity contribution in [1.29, 1.82) is 5.26 Å². The highest BCUT2D eigenvalue weighted by Gasteiger charge is 2.23. The van der Waals surface area contributed by atoms with Gasteiger partial charge in [-0.25, -0.2) is 8.78 Å². The summed E-state index contributed by atoms with van der Waals surface area (Å²) in [5.74, 6) is -2.81. The molecule has 1 N–H and O–H groups in total. The van der Waals surface area contributed by atoms with Crippen LogP contribution >= 0.6 is 0 Å². The number of hydrogen-bond acceptors (Lipinski definition) is 2. The van der Waals surface area contributed by atoms with Crippen LogP contribution in [0.4, 0.5) is 8.78 Å². The first-order valence-electron chi connectivity index (χ1n) is 5.67. The number of halogens is 2. The lowest BCUT2D eigenvalue weighted by Crippen LogP contribution is -2.04. The number of benzene rings is 1. The maximum atomic E-state index is 13.7. The van der Waals surface area contributed by atoms with E-state index in [-0.39, 0.29) is 17.0 Å². The van der Waals surface area contributed by atoms with Crippen LogP contribution in [-0.4, -0.2) is 5.11 Å². The number of aromatic hydroxyl groups is 1. The number of rotatable bonds is 4. The van der Waals surface area contributed by atoms with Crippen molar-refractivity contribution in [2.24, 2.45) is 0 Å². The molecular formula is C13H15F2NO. The SMILES string of the molecule is CCCC(CC)c1c(O)c(C#N)cc(F)c1F. The molecule has 92 valence electrons. The molecule has 1 rings (SSSR count). The van der Waals surface area contributed by atoms with E-state index in [1.165, 1.54) is 0 Å². The summed E-state index contributed by atoms with van der Waals surface area (Å²) in [4.78, 5) is 0. The molecule has 0 fully saturated rings. The quantitative estimate of drug-likeness (QED) is 0.867. The minimum atomic E-state index is -1.08. The van der Waals surface area contributed by atoms with Crippen LogP contribution in [0.5, 0.6) is 5.75 Å². The molecule has 1 aromatic carbocycles. The zero-order valence-electron chi connectivity index (χ0n) is 9.93. The highest BCUT2D eigenvalue weighted by atomic mass is 19.2. The first-order chi connectivity index (χ1) is 8.06. The molecule has 0 aliphatic heterocycles. The van der Waals surface area contributed by atoms with Gasteiger partial charge in [0.15, 0.2) is 11.6 Å². The zero-order valence-corrected chi connectivity index (χ0v) is 9.93. The van der Waals surface area contributed by atoms with Gasteiger partial charge in [0.1, 0.15) is 11.8 Å². The lowest BCUT2D eigenvalue weighted by Gasteiger charge is -2.17. The molecule has 0 bridgehead atoms. The van der Waals surface area contributed by atoms with Crippen LogP contribution in [0.2, 0.25) is 0 Å². The fourth-order valence-electron chi connectivity index (χ4n) is 1.99. The van der Waals surface area contributed by atoms with Crippen LogP contribution in [0.1, 0.15) is 50.2 Å². The molecule has 0 spiro atoms. The van der Waals surface area contributed by atoms with Crippen LogP contribution in [-0.2, 0) is 0 Å². The first kappa shape index (κ1) is 13.4. The van der Waals surface area contributed by atoms with Crippen molar-refractivity contribution in [3.63, 3.8) is 0 Å². The Morgan fingerprint density at radius 2 is 2.06 bits per heavy atom. The van der Waals surface area contributed by atoms with Crippen LogP contribution in [0.15, 0.2) is 6.07 Å². The Balaban J connectivity index is 3.39. The predicted octanol–water partition coefficient (Wildman–Crippen LogP) is 3.84. The Labute approximate surface area is 99.5 Å². The van der Waals surface area contributed by atoms with Gasteiger partial charge in [0.2, 0.25) is 0 Å².